The van der Waals surface area contributed by atoms with Gasteiger partial charge in [-0.2, -0.15) is 0 Å². The third-order valence-electron chi connectivity index (χ3n) is 3.65. The number of rotatable bonds is 7. The number of aliphatic hydroxyl groups excluding tert-OH is 2. The lowest BCUT2D eigenvalue weighted by molar-refractivity contribution is 0.0540. The van der Waals surface area contributed by atoms with Crippen LogP contribution in [0.5, 0.6) is 5.75 Å². The largest absolute Gasteiger partial charge is 0.489 e. The highest BCUT2D eigenvalue weighted by Gasteiger charge is 2.35. The molecule has 1 atom stereocenters. The molecule has 1 saturated carbocycles. The van der Waals surface area contributed by atoms with Gasteiger partial charge in [0.2, 0.25) is 0 Å². The van der Waals surface area contributed by atoms with E-state index >= 15 is 0 Å². The van der Waals surface area contributed by atoms with Crippen molar-refractivity contribution in [1.29, 1.82) is 0 Å². The van der Waals surface area contributed by atoms with E-state index in [1.807, 2.05) is 0 Å². The van der Waals surface area contributed by atoms with Crippen molar-refractivity contribution in [1.82, 2.24) is 5.32 Å². The van der Waals surface area contributed by atoms with E-state index in [-0.39, 0.29) is 18.8 Å². The molecule has 1 fully saturated rings. The molecule has 20 heavy (non-hydrogen) atoms. The summed E-state index contributed by atoms with van der Waals surface area (Å²) in [5, 5.41) is 23.4. The fraction of sp³-hybridized carbons (Fsp3) is 0.571. The first-order valence-electron chi connectivity index (χ1n) is 6.66. The van der Waals surface area contributed by atoms with Crippen molar-refractivity contribution in [3.8, 4) is 5.75 Å². The minimum atomic E-state index is -0.672. The van der Waals surface area contributed by atoms with Gasteiger partial charge < -0.3 is 20.3 Å². The second-order valence-electron chi connectivity index (χ2n) is 5.21. The monoisotopic (exact) mass is 319 g/mol. The Labute approximate surface area is 128 Å². The Morgan fingerprint density at radius 1 is 1.35 bits per heavy atom. The summed E-state index contributed by atoms with van der Waals surface area (Å²) in [5.41, 5.74) is -0.214. The lowest BCUT2D eigenvalue weighted by Crippen LogP contribution is -2.56. The molecule has 1 aromatic rings. The zero-order chi connectivity index (χ0) is 14.6. The molecular formula is C14H19Cl2NO3. The second kappa shape index (κ2) is 6.96. The Balaban J connectivity index is 1.77. The molecule has 4 nitrogen and oxygen atoms in total. The molecule has 112 valence electrons. The average Bonchev–Trinajstić information content (AvgIpc) is 2.39. The fourth-order valence-corrected chi connectivity index (χ4v) is 2.50. The van der Waals surface area contributed by atoms with Crippen LogP contribution in [-0.4, -0.2) is 41.6 Å². The van der Waals surface area contributed by atoms with Crippen LogP contribution in [0.2, 0.25) is 10.0 Å². The van der Waals surface area contributed by atoms with E-state index in [4.69, 9.17) is 27.9 Å². The first-order valence-corrected chi connectivity index (χ1v) is 7.42. The van der Waals surface area contributed by atoms with Crippen LogP contribution >= 0.6 is 23.2 Å². The maximum atomic E-state index is 9.90. The number of hydrogen-bond acceptors (Lipinski definition) is 4. The lowest BCUT2D eigenvalue weighted by Gasteiger charge is -2.41. The second-order valence-corrected chi connectivity index (χ2v) is 6.06. The SMILES string of the molecule is OCC1(NCC(O)COc2cc(Cl)ccc2Cl)CCC1. The minimum Gasteiger partial charge on any atom is -0.489 e. The molecule has 0 saturated heterocycles. The first kappa shape index (κ1) is 15.9. The summed E-state index contributed by atoms with van der Waals surface area (Å²) >= 11 is 11.8. The van der Waals surface area contributed by atoms with Crippen LogP contribution in [-0.2, 0) is 0 Å². The van der Waals surface area contributed by atoms with Crippen LogP contribution in [0.4, 0.5) is 0 Å². The highest BCUT2D eigenvalue weighted by molar-refractivity contribution is 6.34. The molecule has 0 radical (unpaired) electrons. The van der Waals surface area contributed by atoms with E-state index in [9.17, 15) is 10.2 Å². The van der Waals surface area contributed by atoms with Gasteiger partial charge >= 0.3 is 0 Å². The van der Waals surface area contributed by atoms with Crippen LogP contribution in [0, 0.1) is 0 Å². The van der Waals surface area contributed by atoms with Gasteiger partial charge in [0.15, 0.2) is 0 Å². The molecule has 1 unspecified atom stereocenters. The molecule has 0 heterocycles. The molecule has 1 aromatic carbocycles. The molecule has 1 aliphatic carbocycles. The highest BCUT2D eigenvalue weighted by Crippen LogP contribution is 2.31. The van der Waals surface area contributed by atoms with Gasteiger partial charge in [0.25, 0.3) is 0 Å². The third kappa shape index (κ3) is 3.99. The zero-order valence-corrected chi connectivity index (χ0v) is 12.6. The third-order valence-corrected chi connectivity index (χ3v) is 4.20. The quantitative estimate of drug-likeness (QED) is 0.721. The smallest absolute Gasteiger partial charge is 0.139 e. The summed E-state index contributed by atoms with van der Waals surface area (Å²) in [6.07, 6.45) is 2.32. The predicted molar refractivity (Wildman–Crippen MR) is 79.6 cm³/mol. The van der Waals surface area contributed by atoms with Crippen LogP contribution in [0.25, 0.3) is 0 Å². The molecule has 0 bridgehead atoms. The van der Waals surface area contributed by atoms with Crippen molar-refractivity contribution in [3.63, 3.8) is 0 Å². The summed E-state index contributed by atoms with van der Waals surface area (Å²) in [5.74, 6) is 0.457. The molecule has 1 aliphatic rings. The number of benzene rings is 1. The Morgan fingerprint density at radius 3 is 2.70 bits per heavy atom. The van der Waals surface area contributed by atoms with E-state index in [0.717, 1.165) is 19.3 Å². The zero-order valence-electron chi connectivity index (χ0n) is 11.1. The fourth-order valence-electron chi connectivity index (χ4n) is 2.16. The van der Waals surface area contributed by atoms with Gasteiger partial charge in [-0.1, -0.05) is 23.2 Å². The van der Waals surface area contributed by atoms with Gasteiger partial charge in [-0.25, -0.2) is 0 Å². The maximum absolute atomic E-state index is 9.90. The van der Waals surface area contributed by atoms with E-state index in [0.29, 0.717) is 22.3 Å². The molecule has 6 heteroatoms. The standard InChI is InChI=1S/C14H19Cl2NO3/c15-10-2-3-12(16)13(6-10)20-8-11(19)7-17-14(9-18)4-1-5-14/h2-3,6,11,17-19H,1,4-5,7-9H2. The molecular weight excluding hydrogens is 301 g/mol. The topological polar surface area (TPSA) is 61.7 Å². The normalized spacial score (nSPS) is 18.4. The van der Waals surface area contributed by atoms with Gasteiger partial charge in [-0.15, -0.1) is 0 Å². The van der Waals surface area contributed by atoms with E-state index in [1.54, 1.807) is 18.2 Å². The molecule has 0 aliphatic heterocycles. The van der Waals surface area contributed by atoms with Crippen molar-refractivity contribution < 1.29 is 14.9 Å². The number of β-amino-alcohol motifs (C(OH)–C–C–N with tert-alkyl or cyclic N) is 1. The number of hydrogen-bond donors (Lipinski definition) is 3. The Hall–Kier alpha value is -0.520. The summed E-state index contributed by atoms with van der Waals surface area (Å²) in [6.45, 7) is 0.591. The predicted octanol–water partition coefficient (Wildman–Crippen LogP) is 2.24. The highest BCUT2D eigenvalue weighted by atomic mass is 35.5. The van der Waals surface area contributed by atoms with E-state index in [1.165, 1.54) is 0 Å². The Kier molecular flexibility index (Phi) is 5.52. The summed E-state index contributed by atoms with van der Waals surface area (Å²) < 4.78 is 5.46. The van der Waals surface area contributed by atoms with Crippen molar-refractivity contribution in [2.75, 3.05) is 19.8 Å². The average molecular weight is 320 g/mol. The van der Waals surface area contributed by atoms with Gasteiger partial charge in [0.1, 0.15) is 18.5 Å². The molecule has 3 N–H and O–H groups in total. The van der Waals surface area contributed by atoms with E-state index < -0.39 is 6.10 Å². The number of nitrogens with one attached hydrogen (secondary N) is 1. The molecule has 0 amide bonds. The molecule has 2 rings (SSSR count). The number of halogens is 2. The van der Waals surface area contributed by atoms with Crippen molar-refractivity contribution in [2.24, 2.45) is 0 Å². The number of ether oxygens (including phenoxy) is 1. The van der Waals surface area contributed by atoms with E-state index in [2.05, 4.69) is 5.32 Å². The van der Waals surface area contributed by atoms with Gasteiger partial charge in [0, 0.05) is 23.2 Å². The lowest BCUT2D eigenvalue weighted by atomic mass is 9.77. The first-order chi connectivity index (χ1) is 9.54. The van der Waals surface area contributed by atoms with Crippen molar-refractivity contribution in [2.45, 2.75) is 30.9 Å². The van der Waals surface area contributed by atoms with Gasteiger partial charge in [-0.3, -0.25) is 0 Å². The number of aliphatic hydroxyl groups is 2. The Morgan fingerprint density at radius 2 is 2.10 bits per heavy atom. The van der Waals surface area contributed by atoms with Gasteiger partial charge in [0.05, 0.1) is 11.6 Å². The van der Waals surface area contributed by atoms with Crippen LogP contribution in [0.3, 0.4) is 0 Å². The maximum Gasteiger partial charge on any atom is 0.139 e. The van der Waals surface area contributed by atoms with Crippen LogP contribution in [0.15, 0.2) is 18.2 Å². The summed E-state index contributed by atoms with van der Waals surface area (Å²) in [6, 6.07) is 4.94. The molecule has 0 spiro atoms. The van der Waals surface area contributed by atoms with Gasteiger partial charge in [-0.05, 0) is 31.4 Å². The van der Waals surface area contributed by atoms with Crippen molar-refractivity contribution >= 4 is 23.2 Å². The van der Waals surface area contributed by atoms with Crippen molar-refractivity contribution in [3.05, 3.63) is 28.2 Å². The van der Waals surface area contributed by atoms with Crippen LogP contribution in [0.1, 0.15) is 19.3 Å². The molecule has 0 aromatic heterocycles. The van der Waals surface area contributed by atoms with Crippen LogP contribution < -0.4 is 10.1 Å². The minimum absolute atomic E-state index is 0.0979. The summed E-state index contributed by atoms with van der Waals surface area (Å²) in [4.78, 5) is 0. The Bertz CT molecular complexity index is 447. The summed E-state index contributed by atoms with van der Waals surface area (Å²) in [7, 11) is 0.